The lowest BCUT2D eigenvalue weighted by atomic mass is 10.1. The van der Waals surface area contributed by atoms with Crippen molar-refractivity contribution in [1.29, 1.82) is 5.26 Å². The smallest absolute Gasteiger partial charge is 0.160 e. The van der Waals surface area contributed by atoms with E-state index < -0.39 is 0 Å². The maximum atomic E-state index is 11.5. The zero-order valence-corrected chi connectivity index (χ0v) is 10.7. The first-order valence-corrected chi connectivity index (χ1v) is 6.80. The molecule has 0 atom stereocenters. The zero-order valence-electron chi connectivity index (χ0n) is 9.90. The number of thioether (sulfide) groups is 1. The minimum atomic E-state index is 0.0787. The molecule has 1 aromatic rings. The molecule has 0 unspecified atom stereocenters. The Morgan fingerprint density at radius 1 is 1.41 bits per heavy atom. The first-order valence-electron chi connectivity index (χ1n) is 5.92. The van der Waals surface area contributed by atoms with Crippen LogP contribution in [0.15, 0.2) is 23.1 Å². The highest BCUT2D eigenvalue weighted by atomic mass is 32.2. The quantitative estimate of drug-likeness (QED) is 0.761. The van der Waals surface area contributed by atoms with Crippen molar-refractivity contribution in [2.45, 2.75) is 42.8 Å². The number of hydrogen-bond donors (Lipinski definition) is 0. The molecular formula is C14H15NOS. The van der Waals surface area contributed by atoms with Crippen LogP contribution >= 0.6 is 11.8 Å². The van der Waals surface area contributed by atoms with Crippen molar-refractivity contribution in [3.8, 4) is 6.07 Å². The molecule has 1 aliphatic rings. The lowest BCUT2D eigenvalue weighted by Gasteiger charge is -2.12. The highest BCUT2D eigenvalue weighted by Crippen LogP contribution is 2.36. The minimum Gasteiger partial charge on any atom is -0.294 e. The zero-order chi connectivity index (χ0) is 12.3. The molecular weight excluding hydrogens is 230 g/mol. The summed E-state index contributed by atoms with van der Waals surface area (Å²) in [6.07, 6.45) is 5.01. The first kappa shape index (κ1) is 12.2. The molecule has 88 valence electrons. The number of benzene rings is 1. The van der Waals surface area contributed by atoms with Crippen molar-refractivity contribution in [1.82, 2.24) is 0 Å². The predicted octanol–water partition coefficient (Wildman–Crippen LogP) is 3.80. The van der Waals surface area contributed by atoms with Crippen molar-refractivity contribution in [3.05, 3.63) is 29.3 Å². The number of hydrogen-bond acceptors (Lipinski definition) is 3. The number of rotatable bonds is 3. The van der Waals surface area contributed by atoms with Gasteiger partial charge < -0.3 is 0 Å². The number of carbonyl (C=O) groups is 1. The van der Waals surface area contributed by atoms with Gasteiger partial charge in [0.15, 0.2) is 5.78 Å². The third-order valence-electron chi connectivity index (χ3n) is 3.09. The van der Waals surface area contributed by atoms with Gasteiger partial charge in [0.2, 0.25) is 0 Å². The van der Waals surface area contributed by atoms with E-state index in [1.807, 2.05) is 6.07 Å². The summed E-state index contributed by atoms with van der Waals surface area (Å²) in [5.41, 5.74) is 1.39. The van der Waals surface area contributed by atoms with Gasteiger partial charge in [-0.05, 0) is 38.0 Å². The summed E-state index contributed by atoms with van der Waals surface area (Å²) < 4.78 is 0. The molecule has 0 amide bonds. The van der Waals surface area contributed by atoms with Gasteiger partial charge >= 0.3 is 0 Å². The topological polar surface area (TPSA) is 40.9 Å². The van der Waals surface area contributed by atoms with Crippen LogP contribution in [0.3, 0.4) is 0 Å². The van der Waals surface area contributed by atoms with E-state index in [2.05, 4.69) is 6.07 Å². The number of Topliss-reactive ketones (excluding diaryl/α,β-unsaturated/α-hetero) is 1. The SMILES string of the molecule is CC(=O)c1ccc(C#N)cc1SC1CCCC1. The average Bonchev–Trinajstić information content (AvgIpc) is 2.81. The van der Waals surface area contributed by atoms with Gasteiger partial charge in [-0.2, -0.15) is 5.26 Å². The Morgan fingerprint density at radius 2 is 2.12 bits per heavy atom. The largest absolute Gasteiger partial charge is 0.294 e. The maximum absolute atomic E-state index is 11.5. The summed E-state index contributed by atoms with van der Waals surface area (Å²) in [6, 6.07) is 7.47. The van der Waals surface area contributed by atoms with Crippen LogP contribution in [0, 0.1) is 11.3 Å². The molecule has 0 heterocycles. The summed E-state index contributed by atoms with van der Waals surface area (Å²) in [5, 5.41) is 9.52. The third kappa shape index (κ3) is 2.89. The molecule has 1 aromatic carbocycles. The molecule has 2 rings (SSSR count). The lowest BCUT2D eigenvalue weighted by molar-refractivity contribution is 0.101. The van der Waals surface area contributed by atoms with Gasteiger partial charge in [0, 0.05) is 15.7 Å². The second kappa shape index (κ2) is 5.37. The highest BCUT2D eigenvalue weighted by molar-refractivity contribution is 8.00. The van der Waals surface area contributed by atoms with Gasteiger partial charge in [0.1, 0.15) is 0 Å². The molecule has 1 saturated carbocycles. The van der Waals surface area contributed by atoms with Crippen LogP contribution in [0.5, 0.6) is 0 Å². The second-order valence-electron chi connectivity index (χ2n) is 4.40. The fourth-order valence-corrected chi connectivity index (χ4v) is 3.63. The van der Waals surface area contributed by atoms with Crippen LogP contribution in [0.25, 0.3) is 0 Å². The van der Waals surface area contributed by atoms with Crippen LogP contribution in [0.2, 0.25) is 0 Å². The van der Waals surface area contributed by atoms with E-state index in [-0.39, 0.29) is 5.78 Å². The summed E-state index contributed by atoms with van der Waals surface area (Å²) in [4.78, 5) is 12.5. The molecule has 0 aromatic heterocycles. The maximum Gasteiger partial charge on any atom is 0.160 e. The Hall–Kier alpha value is -1.27. The van der Waals surface area contributed by atoms with Gasteiger partial charge in [0.05, 0.1) is 11.6 Å². The highest BCUT2D eigenvalue weighted by Gasteiger charge is 2.19. The fraction of sp³-hybridized carbons (Fsp3) is 0.429. The first-order chi connectivity index (χ1) is 8.20. The molecule has 1 aliphatic carbocycles. The van der Waals surface area contributed by atoms with E-state index in [9.17, 15) is 4.79 Å². The van der Waals surface area contributed by atoms with E-state index >= 15 is 0 Å². The molecule has 0 aliphatic heterocycles. The third-order valence-corrected chi connectivity index (χ3v) is 4.48. The second-order valence-corrected chi connectivity index (χ2v) is 5.75. The number of carbonyl (C=O) groups excluding carboxylic acids is 1. The Balaban J connectivity index is 2.28. The van der Waals surface area contributed by atoms with Crippen LogP contribution in [0.1, 0.15) is 48.5 Å². The summed E-state index contributed by atoms with van der Waals surface area (Å²) in [5.74, 6) is 0.0787. The molecule has 0 bridgehead atoms. The standard InChI is InChI=1S/C14H15NOS/c1-10(16)13-7-6-11(9-15)8-14(13)17-12-4-2-3-5-12/h6-8,12H,2-5H2,1H3. The molecule has 2 nitrogen and oxygen atoms in total. The van der Waals surface area contributed by atoms with Gasteiger partial charge in [-0.1, -0.05) is 12.8 Å². The van der Waals surface area contributed by atoms with E-state index in [4.69, 9.17) is 5.26 Å². The fourth-order valence-electron chi connectivity index (χ4n) is 2.17. The molecule has 3 heteroatoms. The normalized spacial score (nSPS) is 15.8. The Morgan fingerprint density at radius 3 is 2.71 bits per heavy atom. The molecule has 1 fully saturated rings. The van der Waals surface area contributed by atoms with Gasteiger partial charge in [-0.15, -0.1) is 11.8 Å². The number of nitriles is 1. The van der Waals surface area contributed by atoms with Gasteiger partial charge in [0.25, 0.3) is 0 Å². The van der Waals surface area contributed by atoms with E-state index in [0.29, 0.717) is 10.8 Å². The molecule has 0 radical (unpaired) electrons. The summed E-state index contributed by atoms with van der Waals surface area (Å²) in [6.45, 7) is 1.58. The molecule has 0 saturated heterocycles. The summed E-state index contributed by atoms with van der Waals surface area (Å²) in [7, 11) is 0. The van der Waals surface area contributed by atoms with Crippen molar-refractivity contribution in [3.63, 3.8) is 0 Å². The van der Waals surface area contributed by atoms with Crippen molar-refractivity contribution < 1.29 is 4.79 Å². The van der Waals surface area contributed by atoms with E-state index in [1.54, 1.807) is 30.8 Å². The average molecular weight is 245 g/mol. The molecule has 0 N–H and O–H groups in total. The Bertz CT molecular complexity index is 470. The van der Waals surface area contributed by atoms with Crippen molar-refractivity contribution in [2.24, 2.45) is 0 Å². The monoisotopic (exact) mass is 245 g/mol. The summed E-state index contributed by atoms with van der Waals surface area (Å²) >= 11 is 1.76. The molecule has 17 heavy (non-hydrogen) atoms. The van der Waals surface area contributed by atoms with Crippen LogP contribution in [-0.2, 0) is 0 Å². The molecule has 0 spiro atoms. The van der Waals surface area contributed by atoms with Crippen LogP contribution in [0.4, 0.5) is 0 Å². The van der Waals surface area contributed by atoms with E-state index in [0.717, 1.165) is 10.5 Å². The minimum absolute atomic E-state index is 0.0787. The van der Waals surface area contributed by atoms with Crippen LogP contribution in [-0.4, -0.2) is 11.0 Å². The van der Waals surface area contributed by atoms with Crippen molar-refractivity contribution in [2.75, 3.05) is 0 Å². The van der Waals surface area contributed by atoms with Gasteiger partial charge in [-0.3, -0.25) is 4.79 Å². The van der Waals surface area contributed by atoms with Gasteiger partial charge in [-0.25, -0.2) is 0 Å². The van der Waals surface area contributed by atoms with Crippen molar-refractivity contribution >= 4 is 17.5 Å². The Kier molecular flexibility index (Phi) is 3.86. The number of nitrogens with zero attached hydrogens (tertiary/aromatic N) is 1. The van der Waals surface area contributed by atoms with Crippen LogP contribution < -0.4 is 0 Å². The Labute approximate surface area is 106 Å². The lowest BCUT2D eigenvalue weighted by Crippen LogP contribution is -2.00. The number of ketones is 1. The van der Waals surface area contributed by atoms with E-state index in [1.165, 1.54) is 25.7 Å². The predicted molar refractivity (Wildman–Crippen MR) is 69.3 cm³/mol.